The average molecular weight is 411 g/mol. The third kappa shape index (κ3) is 5.28. The molecule has 0 saturated heterocycles. The highest BCUT2D eigenvalue weighted by atomic mass is 35.5. The predicted molar refractivity (Wildman–Crippen MR) is 106 cm³/mol. The van der Waals surface area contributed by atoms with Crippen LogP contribution in [0, 0.1) is 0 Å². The second-order valence-corrected chi connectivity index (χ2v) is 8.36. The molecule has 0 atom stereocenters. The van der Waals surface area contributed by atoms with Crippen LogP contribution in [0.4, 0.5) is 5.69 Å². The number of hydrogen-bond acceptors (Lipinski definition) is 3. The first-order valence-electron chi connectivity index (χ1n) is 8.89. The SMILES string of the molecule is CCc1cc[n+](CC(=O)Nc2cc(S(=O)(=O)N(CC)CC)ccc2Cl)cc1. The van der Waals surface area contributed by atoms with Gasteiger partial charge in [-0.2, -0.15) is 8.87 Å². The maximum atomic E-state index is 12.7. The minimum atomic E-state index is -3.62. The highest BCUT2D eigenvalue weighted by Gasteiger charge is 2.23. The van der Waals surface area contributed by atoms with E-state index in [1.54, 1.807) is 18.4 Å². The van der Waals surface area contributed by atoms with Gasteiger partial charge in [0.25, 0.3) is 5.91 Å². The Morgan fingerprint density at radius 1 is 1.11 bits per heavy atom. The van der Waals surface area contributed by atoms with E-state index in [2.05, 4.69) is 12.2 Å². The summed E-state index contributed by atoms with van der Waals surface area (Å²) in [7, 11) is -3.62. The second kappa shape index (κ2) is 9.30. The summed E-state index contributed by atoms with van der Waals surface area (Å²) < 4.78 is 28.4. The van der Waals surface area contributed by atoms with E-state index in [-0.39, 0.29) is 28.1 Å². The zero-order valence-corrected chi connectivity index (χ0v) is 17.3. The van der Waals surface area contributed by atoms with Crippen molar-refractivity contribution in [3.05, 3.63) is 53.3 Å². The average Bonchev–Trinajstić information content (AvgIpc) is 2.64. The van der Waals surface area contributed by atoms with Gasteiger partial charge in [-0.3, -0.25) is 4.79 Å². The second-order valence-electron chi connectivity index (χ2n) is 6.01. The molecule has 2 aromatic rings. The third-order valence-electron chi connectivity index (χ3n) is 4.25. The lowest BCUT2D eigenvalue weighted by atomic mass is 10.2. The molecule has 2 rings (SSSR count). The summed E-state index contributed by atoms with van der Waals surface area (Å²) in [6.45, 7) is 6.46. The molecule has 0 bridgehead atoms. The summed E-state index contributed by atoms with van der Waals surface area (Å²) in [5.74, 6) is -0.288. The normalized spacial score (nSPS) is 11.6. The van der Waals surface area contributed by atoms with Gasteiger partial charge in [0.05, 0.1) is 15.6 Å². The van der Waals surface area contributed by atoms with Gasteiger partial charge in [-0.05, 0) is 30.2 Å². The van der Waals surface area contributed by atoms with Crippen LogP contribution in [0.2, 0.25) is 5.02 Å². The number of carbonyl (C=O) groups excluding carboxylic acids is 1. The Hall–Kier alpha value is -1.96. The maximum absolute atomic E-state index is 12.7. The van der Waals surface area contributed by atoms with Crippen LogP contribution < -0.4 is 9.88 Å². The van der Waals surface area contributed by atoms with E-state index in [0.29, 0.717) is 13.1 Å². The van der Waals surface area contributed by atoms with Crippen molar-refractivity contribution in [1.29, 1.82) is 0 Å². The van der Waals surface area contributed by atoms with Crippen LogP contribution in [0.15, 0.2) is 47.6 Å². The highest BCUT2D eigenvalue weighted by molar-refractivity contribution is 7.89. The molecule has 8 heteroatoms. The Balaban J connectivity index is 2.19. The topological polar surface area (TPSA) is 70.4 Å². The predicted octanol–water partition coefficient (Wildman–Crippen LogP) is 2.86. The standard InChI is InChI=1S/C19H24ClN3O3S/c1-4-15-9-11-22(12-10-15)14-19(24)21-18-13-16(7-8-17(18)20)27(25,26)23(5-2)6-3/h7-13H,4-6,14H2,1-3H3/p+1. The van der Waals surface area contributed by atoms with Crippen LogP contribution >= 0.6 is 11.6 Å². The lowest BCUT2D eigenvalue weighted by molar-refractivity contribution is -0.684. The molecular weight excluding hydrogens is 386 g/mol. The summed E-state index contributed by atoms with van der Waals surface area (Å²) in [6, 6.07) is 8.24. The Morgan fingerprint density at radius 3 is 2.30 bits per heavy atom. The van der Waals surface area contributed by atoms with Crippen molar-refractivity contribution in [2.75, 3.05) is 18.4 Å². The van der Waals surface area contributed by atoms with E-state index in [9.17, 15) is 13.2 Å². The summed E-state index contributed by atoms with van der Waals surface area (Å²) in [6.07, 6.45) is 4.60. The highest BCUT2D eigenvalue weighted by Crippen LogP contribution is 2.27. The third-order valence-corrected chi connectivity index (χ3v) is 6.63. The molecule has 0 fully saturated rings. The molecule has 1 aromatic carbocycles. The van der Waals surface area contributed by atoms with Gasteiger partial charge in [0.15, 0.2) is 12.4 Å². The minimum Gasteiger partial charge on any atom is -0.319 e. The van der Waals surface area contributed by atoms with Crippen molar-refractivity contribution in [3.8, 4) is 0 Å². The first-order valence-corrected chi connectivity index (χ1v) is 10.7. The van der Waals surface area contributed by atoms with E-state index >= 15 is 0 Å². The van der Waals surface area contributed by atoms with E-state index < -0.39 is 10.0 Å². The van der Waals surface area contributed by atoms with E-state index in [0.717, 1.165) is 6.42 Å². The van der Waals surface area contributed by atoms with E-state index in [1.807, 2.05) is 24.5 Å². The molecule has 0 aliphatic carbocycles. The van der Waals surface area contributed by atoms with Crippen molar-refractivity contribution >= 4 is 33.2 Å². The molecule has 0 unspecified atom stereocenters. The molecule has 6 nitrogen and oxygen atoms in total. The minimum absolute atomic E-state index is 0.103. The van der Waals surface area contributed by atoms with Crippen LogP contribution in [-0.2, 0) is 27.8 Å². The molecule has 0 aliphatic heterocycles. The van der Waals surface area contributed by atoms with E-state index in [4.69, 9.17) is 11.6 Å². The molecule has 0 aliphatic rings. The number of sulfonamides is 1. The number of rotatable bonds is 8. The summed E-state index contributed by atoms with van der Waals surface area (Å²) in [5.41, 5.74) is 1.46. The molecular formula is C19H25ClN3O3S+. The Bertz CT molecular complexity index is 895. The monoisotopic (exact) mass is 410 g/mol. The molecule has 146 valence electrons. The van der Waals surface area contributed by atoms with Crippen LogP contribution in [-0.4, -0.2) is 31.7 Å². The number of anilines is 1. The fraction of sp³-hybridized carbons (Fsp3) is 0.368. The molecule has 0 radical (unpaired) electrons. The molecule has 1 N–H and O–H groups in total. The van der Waals surface area contributed by atoms with Crippen LogP contribution in [0.25, 0.3) is 0 Å². The van der Waals surface area contributed by atoms with Crippen molar-refractivity contribution in [1.82, 2.24) is 4.31 Å². The number of amides is 1. The first-order chi connectivity index (χ1) is 12.8. The van der Waals surface area contributed by atoms with Crippen LogP contribution in [0.1, 0.15) is 26.3 Å². The molecule has 0 saturated carbocycles. The van der Waals surface area contributed by atoms with E-state index in [1.165, 1.54) is 28.1 Å². The first kappa shape index (κ1) is 21.3. The van der Waals surface area contributed by atoms with Gasteiger partial charge in [-0.1, -0.05) is 32.4 Å². The number of nitrogens with one attached hydrogen (secondary N) is 1. The summed E-state index contributed by atoms with van der Waals surface area (Å²) in [4.78, 5) is 12.4. The summed E-state index contributed by atoms with van der Waals surface area (Å²) in [5, 5.41) is 2.99. The maximum Gasteiger partial charge on any atom is 0.290 e. The largest absolute Gasteiger partial charge is 0.319 e. The van der Waals surface area contributed by atoms with Crippen LogP contribution in [0.3, 0.4) is 0 Å². The van der Waals surface area contributed by atoms with Crippen molar-refractivity contribution in [2.45, 2.75) is 38.6 Å². The lowest BCUT2D eigenvalue weighted by Crippen LogP contribution is -2.39. The number of carbonyl (C=O) groups is 1. The number of hydrogen-bond donors (Lipinski definition) is 1. The Kier molecular flexibility index (Phi) is 7.35. The van der Waals surface area contributed by atoms with Crippen molar-refractivity contribution < 1.29 is 17.8 Å². The van der Waals surface area contributed by atoms with Gasteiger partial charge >= 0.3 is 0 Å². The summed E-state index contributed by atoms with van der Waals surface area (Å²) >= 11 is 6.15. The van der Waals surface area contributed by atoms with Crippen LogP contribution in [0.5, 0.6) is 0 Å². The van der Waals surface area contributed by atoms with Gasteiger partial charge < -0.3 is 5.32 Å². The fourth-order valence-electron chi connectivity index (χ4n) is 2.66. The number of halogens is 1. The molecule has 1 amide bonds. The number of aryl methyl sites for hydroxylation is 1. The van der Waals surface area contributed by atoms with Gasteiger partial charge in [-0.25, -0.2) is 8.42 Å². The zero-order chi connectivity index (χ0) is 20.0. The number of aromatic nitrogens is 1. The Labute approximate surface area is 165 Å². The van der Waals surface area contributed by atoms with Gasteiger partial charge in [0.1, 0.15) is 0 Å². The molecule has 27 heavy (non-hydrogen) atoms. The smallest absolute Gasteiger partial charge is 0.290 e. The van der Waals surface area contributed by atoms with Gasteiger partial charge in [0.2, 0.25) is 16.6 Å². The zero-order valence-electron chi connectivity index (χ0n) is 15.8. The van der Waals surface area contributed by atoms with Crippen molar-refractivity contribution in [3.63, 3.8) is 0 Å². The lowest BCUT2D eigenvalue weighted by Gasteiger charge is -2.19. The van der Waals surface area contributed by atoms with Gasteiger partial charge in [-0.15, -0.1) is 0 Å². The molecule has 1 heterocycles. The van der Waals surface area contributed by atoms with Gasteiger partial charge in [0, 0.05) is 25.2 Å². The number of benzene rings is 1. The Morgan fingerprint density at radius 2 is 1.74 bits per heavy atom. The quantitative estimate of drug-likeness (QED) is 0.680. The van der Waals surface area contributed by atoms with Crippen molar-refractivity contribution in [2.24, 2.45) is 0 Å². The molecule has 0 spiro atoms. The fourth-order valence-corrected chi connectivity index (χ4v) is 4.31. The number of nitrogens with zero attached hydrogens (tertiary/aromatic N) is 2. The number of pyridine rings is 1. The molecule has 1 aromatic heterocycles.